The minimum Gasteiger partial charge on any atom is -0.282 e. The normalized spacial score (nSPS) is 18.0. The summed E-state index contributed by atoms with van der Waals surface area (Å²) in [6, 6.07) is 55.8. The van der Waals surface area contributed by atoms with E-state index < -0.39 is 0 Å². The highest BCUT2D eigenvalue weighted by molar-refractivity contribution is 6.31. The number of allylic oxidation sites excluding steroid dienone is 2. The molecule has 0 saturated heterocycles. The summed E-state index contributed by atoms with van der Waals surface area (Å²) < 4.78 is 0. The molecule has 10 aromatic rings. The summed E-state index contributed by atoms with van der Waals surface area (Å²) in [7, 11) is 0. The van der Waals surface area contributed by atoms with Crippen molar-refractivity contribution in [2.45, 2.75) is 18.4 Å². The Hall–Kier alpha value is -7.49. The van der Waals surface area contributed by atoms with Crippen molar-refractivity contribution in [1.29, 1.82) is 0 Å². The minimum atomic E-state index is 0.0336. The molecule has 13 rings (SSSR count). The molecule has 2 aromatic heterocycles. The summed E-state index contributed by atoms with van der Waals surface area (Å²) in [5.41, 5.74) is 12.0. The van der Waals surface area contributed by atoms with Gasteiger partial charge in [-0.15, -0.1) is 0 Å². The zero-order valence-electron chi connectivity index (χ0n) is 32.8. The van der Waals surface area contributed by atoms with Crippen LogP contribution in [-0.4, -0.2) is 16.2 Å². The van der Waals surface area contributed by atoms with Crippen LogP contribution in [0, 0.1) is 5.92 Å². The van der Waals surface area contributed by atoms with E-state index in [0.717, 1.165) is 28.9 Å². The Balaban J connectivity index is 0.932. The smallest absolute Gasteiger partial charge is 0.102 e. The van der Waals surface area contributed by atoms with Crippen molar-refractivity contribution in [2.24, 2.45) is 10.9 Å². The van der Waals surface area contributed by atoms with Crippen LogP contribution >= 0.6 is 0 Å². The molecule has 0 saturated carbocycles. The highest BCUT2D eigenvalue weighted by Gasteiger charge is 2.31. The first kappa shape index (κ1) is 33.5. The summed E-state index contributed by atoms with van der Waals surface area (Å²) in [5, 5.41) is 13.8. The average Bonchev–Trinajstić information content (AvgIpc) is 3.33. The summed E-state index contributed by atoms with van der Waals surface area (Å²) in [6.45, 7) is 0. The fourth-order valence-electron chi connectivity index (χ4n) is 10.7. The van der Waals surface area contributed by atoms with Crippen molar-refractivity contribution in [2.75, 3.05) is 0 Å². The molecule has 60 heavy (non-hydrogen) atoms. The molecule has 280 valence electrons. The minimum absolute atomic E-state index is 0.0336. The molecule has 0 amide bonds. The van der Waals surface area contributed by atoms with E-state index in [2.05, 4.69) is 176 Å². The third kappa shape index (κ3) is 4.93. The first-order valence-corrected chi connectivity index (χ1v) is 21.0. The van der Waals surface area contributed by atoms with Crippen molar-refractivity contribution >= 4 is 82.6 Å². The third-order valence-corrected chi connectivity index (χ3v) is 13.4. The predicted molar refractivity (Wildman–Crippen MR) is 252 cm³/mol. The van der Waals surface area contributed by atoms with Gasteiger partial charge in [-0.25, -0.2) is 4.98 Å². The Labute approximate surface area is 347 Å². The van der Waals surface area contributed by atoms with E-state index in [1.165, 1.54) is 92.6 Å². The molecule has 1 aliphatic heterocycles. The maximum atomic E-state index is 5.59. The van der Waals surface area contributed by atoms with Gasteiger partial charge in [0, 0.05) is 51.5 Å². The Bertz CT molecular complexity index is 3610. The number of benzene rings is 8. The van der Waals surface area contributed by atoms with Crippen molar-refractivity contribution in [3.63, 3.8) is 0 Å². The van der Waals surface area contributed by atoms with Gasteiger partial charge in [-0.2, -0.15) is 0 Å². The lowest BCUT2D eigenvalue weighted by Crippen LogP contribution is -2.18. The van der Waals surface area contributed by atoms with Crippen LogP contribution in [0.15, 0.2) is 187 Å². The van der Waals surface area contributed by atoms with E-state index in [4.69, 9.17) is 15.0 Å². The SMILES string of the molecule is C1=CC2C=C(c3ccc4c5c(c6ccccc6c4c3)CC(c3cccc(-c4nc6c7ccccc7c7ccccc7c6c6ccccc46)c3)C=C5)c3cccnc3C2N=C1. The summed E-state index contributed by atoms with van der Waals surface area (Å²) in [4.78, 5) is 15.3. The third-order valence-electron chi connectivity index (χ3n) is 13.4. The first-order chi connectivity index (χ1) is 29.8. The van der Waals surface area contributed by atoms with Crippen LogP contribution in [0.4, 0.5) is 0 Å². The lowest BCUT2D eigenvalue weighted by Gasteiger charge is -2.29. The van der Waals surface area contributed by atoms with Gasteiger partial charge < -0.3 is 0 Å². The lowest BCUT2D eigenvalue weighted by atomic mass is 9.78. The fraction of sp³-hybridized carbons (Fsp3) is 0.0702. The van der Waals surface area contributed by atoms with E-state index in [0.29, 0.717) is 0 Å². The molecule has 3 heteroatoms. The van der Waals surface area contributed by atoms with Crippen LogP contribution in [0.3, 0.4) is 0 Å². The van der Waals surface area contributed by atoms with Gasteiger partial charge in [-0.05, 0) is 102 Å². The second kappa shape index (κ2) is 13.0. The molecule has 3 unspecified atom stereocenters. The summed E-state index contributed by atoms with van der Waals surface area (Å²) in [5.74, 6) is 0.419. The van der Waals surface area contributed by atoms with E-state index in [-0.39, 0.29) is 17.9 Å². The average molecular weight is 764 g/mol. The van der Waals surface area contributed by atoms with Gasteiger partial charge in [-0.3, -0.25) is 9.98 Å². The number of hydrogen-bond acceptors (Lipinski definition) is 3. The van der Waals surface area contributed by atoms with Crippen LogP contribution < -0.4 is 0 Å². The monoisotopic (exact) mass is 763 g/mol. The largest absolute Gasteiger partial charge is 0.282 e. The zero-order valence-corrected chi connectivity index (χ0v) is 32.8. The van der Waals surface area contributed by atoms with E-state index in [1.54, 1.807) is 0 Å². The van der Waals surface area contributed by atoms with E-state index in [1.807, 2.05) is 18.5 Å². The molecule has 3 aliphatic rings. The van der Waals surface area contributed by atoms with Gasteiger partial charge in [-0.1, -0.05) is 158 Å². The second-order valence-electron chi connectivity index (χ2n) is 16.5. The molecule has 3 atom stereocenters. The van der Waals surface area contributed by atoms with Crippen LogP contribution in [0.1, 0.15) is 45.5 Å². The van der Waals surface area contributed by atoms with Crippen molar-refractivity contribution < 1.29 is 0 Å². The fourth-order valence-corrected chi connectivity index (χ4v) is 10.7. The Kier molecular flexibility index (Phi) is 7.26. The number of rotatable bonds is 3. The number of aromatic nitrogens is 2. The van der Waals surface area contributed by atoms with Gasteiger partial charge in [0.25, 0.3) is 0 Å². The highest BCUT2D eigenvalue weighted by Crippen LogP contribution is 2.46. The van der Waals surface area contributed by atoms with Gasteiger partial charge in [0.05, 0.1) is 16.9 Å². The maximum absolute atomic E-state index is 5.59. The molecule has 0 spiro atoms. The lowest BCUT2D eigenvalue weighted by molar-refractivity contribution is 0.591. The quantitative estimate of drug-likeness (QED) is 0.168. The predicted octanol–water partition coefficient (Wildman–Crippen LogP) is 14.2. The number of dihydropyridines is 1. The number of nitrogens with zero attached hydrogens (tertiary/aromatic N) is 3. The Morgan fingerprint density at radius 3 is 2.08 bits per heavy atom. The Morgan fingerprint density at radius 2 is 1.25 bits per heavy atom. The number of pyridine rings is 2. The maximum Gasteiger partial charge on any atom is 0.102 e. The number of aliphatic imine (C=N–C) groups is 1. The number of hydrogen-bond donors (Lipinski definition) is 0. The molecule has 0 N–H and O–H groups in total. The Morgan fingerprint density at radius 1 is 0.533 bits per heavy atom. The van der Waals surface area contributed by atoms with Gasteiger partial charge in [0.1, 0.15) is 6.04 Å². The van der Waals surface area contributed by atoms with E-state index >= 15 is 0 Å². The van der Waals surface area contributed by atoms with Gasteiger partial charge in [0.2, 0.25) is 0 Å². The first-order valence-electron chi connectivity index (χ1n) is 21.0. The molecule has 0 fully saturated rings. The van der Waals surface area contributed by atoms with Crippen molar-refractivity contribution in [3.8, 4) is 11.3 Å². The van der Waals surface area contributed by atoms with Gasteiger partial charge in [0.15, 0.2) is 0 Å². The summed E-state index contributed by atoms with van der Waals surface area (Å²) in [6.07, 6.45) is 16.3. The van der Waals surface area contributed by atoms with Crippen LogP contribution in [-0.2, 0) is 6.42 Å². The number of fused-ring (bicyclic) bond motifs is 17. The molecule has 2 aliphatic carbocycles. The molecule has 3 nitrogen and oxygen atoms in total. The molecule has 3 heterocycles. The molecule has 0 bridgehead atoms. The van der Waals surface area contributed by atoms with Crippen LogP contribution in [0.5, 0.6) is 0 Å². The molecular weight excluding hydrogens is 727 g/mol. The topological polar surface area (TPSA) is 38.1 Å². The second-order valence-corrected chi connectivity index (χ2v) is 16.5. The van der Waals surface area contributed by atoms with Crippen molar-refractivity contribution in [1.82, 2.24) is 9.97 Å². The standard InChI is InChI=1S/C57H37N3/c1-2-18-42-41(17-1)51-31-35(24-26-43(51)44-27-25-36(32-52(42)44)50-33-38-14-10-28-58-55(38)57-49(50)23-11-29-59-57)34-12-9-13-37(30-34)54-48-22-8-6-20-46(48)53-45-19-5-3-15-39(45)40-16-4-7-21-47(40)56(53)60-54/h1-30,32-33,35,38,55H,31H2. The van der Waals surface area contributed by atoms with Gasteiger partial charge >= 0.3 is 0 Å². The zero-order chi connectivity index (χ0) is 39.3. The summed E-state index contributed by atoms with van der Waals surface area (Å²) >= 11 is 0. The molecule has 8 aromatic carbocycles. The van der Waals surface area contributed by atoms with Crippen LogP contribution in [0.25, 0.3) is 87.7 Å². The van der Waals surface area contributed by atoms with Crippen molar-refractivity contribution in [3.05, 3.63) is 216 Å². The van der Waals surface area contributed by atoms with E-state index in [9.17, 15) is 0 Å². The van der Waals surface area contributed by atoms with Crippen LogP contribution in [0.2, 0.25) is 0 Å². The highest BCUT2D eigenvalue weighted by atomic mass is 14.9. The molecular formula is C57H37N3. The molecule has 0 radical (unpaired) electrons.